The molecule has 0 saturated carbocycles. The SMILES string of the molecule is c1ccc2c(c1)ccc1cccc([C@@H]3CO3)c12. The zero-order chi connectivity index (χ0) is 11.2. The van der Waals surface area contributed by atoms with Crippen molar-refractivity contribution in [1.29, 1.82) is 0 Å². The lowest BCUT2D eigenvalue weighted by atomic mass is 9.96. The van der Waals surface area contributed by atoms with Gasteiger partial charge in [0.25, 0.3) is 0 Å². The predicted octanol–water partition coefficient (Wildman–Crippen LogP) is 4.06. The van der Waals surface area contributed by atoms with Gasteiger partial charge < -0.3 is 4.74 Å². The van der Waals surface area contributed by atoms with Gasteiger partial charge in [-0.05, 0) is 27.1 Å². The van der Waals surface area contributed by atoms with E-state index in [2.05, 4.69) is 54.6 Å². The Balaban J connectivity index is 2.22. The summed E-state index contributed by atoms with van der Waals surface area (Å²) in [7, 11) is 0. The van der Waals surface area contributed by atoms with Gasteiger partial charge in [0.2, 0.25) is 0 Å². The molecule has 1 nitrogen and oxygen atoms in total. The van der Waals surface area contributed by atoms with Gasteiger partial charge in [-0.1, -0.05) is 54.6 Å². The van der Waals surface area contributed by atoms with Crippen molar-refractivity contribution in [1.82, 2.24) is 0 Å². The molecule has 0 spiro atoms. The van der Waals surface area contributed by atoms with Crippen LogP contribution in [-0.2, 0) is 4.74 Å². The van der Waals surface area contributed by atoms with E-state index in [1.54, 1.807) is 0 Å². The lowest BCUT2D eigenvalue weighted by molar-refractivity contribution is 0.417. The van der Waals surface area contributed by atoms with Gasteiger partial charge in [-0.3, -0.25) is 0 Å². The molecule has 0 amide bonds. The highest BCUT2D eigenvalue weighted by Crippen LogP contribution is 2.38. The van der Waals surface area contributed by atoms with Gasteiger partial charge >= 0.3 is 0 Å². The topological polar surface area (TPSA) is 12.5 Å². The molecule has 3 aromatic carbocycles. The van der Waals surface area contributed by atoms with E-state index in [1.807, 2.05) is 0 Å². The summed E-state index contributed by atoms with van der Waals surface area (Å²) in [6.45, 7) is 0.863. The van der Waals surface area contributed by atoms with Crippen LogP contribution in [0, 0.1) is 0 Å². The second kappa shape index (κ2) is 3.31. The van der Waals surface area contributed by atoms with Crippen molar-refractivity contribution in [3.05, 3.63) is 60.2 Å². The van der Waals surface area contributed by atoms with Crippen LogP contribution in [0.4, 0.5) is 0 Å². The highest BCUT2D eigenvalue weighted by molar-refractivity contribution is 6.09. The van der Waals surface area contributed by atoms with Gasteiger partial charge in [-0.25, -0.2) is 0 Å². The third kappa shape index (κ3) is 1.36. The Morgan fingerprint density at radius 2 is 1.59 bits per heavy atom. The van der Waals surface area contributed by atoms with Gasteiger partial charge in [0, 0.05) is 0 Å². The van der Waals surface area contributed by atoms with Crippen LogP contribution in [0.3, 0.4) is 0 Å². The molecule has 4 rings (SSSR count). The molecule has 0 N–H and O–H groups in total. The van der Waals surface area contributed by atoms with Crippen molar-refractivity contribution in [2.24, 2.45) is 0 Å². The summed E-state index contributed by atoms with van der Waals surface area (Å²) in [6, 6.07) is 19.4. The molecule has 17 heavy (non-hydrogen) atoms. The van der Waals surface area contributed by atoms with Crippen molar-refractivity contribution in [2.45, 2.75) is 6.10 Å². The smallest absolute Gasteiger partial charge is 0.107 e. The Hall–Kier alpha value is -1.86. The number of epoxide rings is 1. The average Bonchev–Trinajstić information content (AvgIpc) is 3.22. The summed E-state index contributed by atoms with van der Waals surface area (Å²) in [4.78, 5) is 0. The van der Waals surface area contributed by atoms with Crippen molar-refractivity contribution in [2.75, 3.05) is 6.61 Å². The fourth-order valence-corrected chi connectivity index (χ4v) is 2.58. The molecule has 0 aromatic heterocycles. The summed E-state index contributed by atoms with van der Waals surface area (Å²) in [6.07, 6.45) is 0.310. The normalized spacial score (nSPS) is 18.7. The molecule has 82 valence electrons. The first kappa shape index (κ1) is 9.20. The molecule has 1 atom stereocenters. The maximum absolute atomic E-state index is 5.45. The number of ether oxygens (including phenoxy) is 1. The van der Waals surface area contributed by atoms with Crippen LogP contribution in [-0.4, -0.2) is 6.61 Å². The van der Waals surface area contributed by atoms with Crippen molar-refractivity contribution < 1.29 is 4.74 Å². The molecular weight excluding hydrogens is 208 g/mol. The predicted molar refractivity (Wildman–Crippen MR) is 70.1 cm³/mol. The second-order valence-electron chi connectivity index (χ2n) is 4.55. The quantitative estimate of drug-likeness (QED) is 0.445. The summed E-state index contributed by atoms with van der Waals surface area (Å²) in [5.41, 5.74) is 1.33. The fourth-order valence-electron chi connectivity index (χ4n) is 2.58. The van der Waals surface area contributed by atoms with Gasteiger partial charge in [-0.2, -0.15) is 0 Å². The minimum atomic E-state index is 0.310. The Morgan fingerprint density at radius 3 is 2.47 bits per heavy atom. The van der Waals surface area contributed by atoms with E-state index in [-0.39, 0.29) is 0 Å². The molecule has 1 saturated heterocycles. The molecule has 1 aliphatic heterocycles. The lowest BCUT2D eigenvalue weighted by Gasteiger charge is -2.07. The molecule has 0 radical (unpaired) electrons. The van der Waals surface area contributed by atoms with Crippen LogP contribution >= 0.6 is 0 Å². The molecule has 1 heteroatoms. The minimum absolute atomic E-state index is 0.310. The zero-order valence-corrected chi connectivity index (χ0v) is 9.39. The second-order valence-corrected chi connectivity index (χ2v) is 4.55. The standard InChI is InChI=1S/C16H12O/c1-2-6-13-11(4-1)8-9-12-5-3-7-14(16(12)13)15-10-17-15/h1-9,15H,10H2/t15-/m0/s1. The van der Waals surface area contributed by atoms with E-state index in [1.165, 1.54) is 27.1 Å². The molecule has 0 bridgehead atoms. The maximum Gasteiger partial charge on any atom is 0.107 e. The Morgan fingerprint density at radius 1 is 0.824 bits per heavy atom. The van der Waals surface area contributed by atoms with Crippen molar-refractivity contribution >= 4 is 21.5 Å². The molecule has 1 fully saturated rings. The molecule has 1 aliphatic rings. The molecule has 1 heterocycles. The number of benzene rings is 3. The van der Waals surface area contributed by atoms with E-state index >= 15 is 0 Å². The molecule has 0 unspecified atom stereocenters. The van der Waals surface area contributed by atoms with Crippen LogP contribution < -0.4 is 0 Å². The number of fused-ring (bicyclic) bond motifs is 3. The van der Waals surface area contributed by atoms with Gasteiger partial charge in [0.1, 0.15) is 6.10 Å². The van der Waals surface area contributed by atoms with Gasteiger partial charge in [0.05, 0.1) is 6.61 Å². The summed E-state index contributed by atoms with van der Waals surface area (Å²) >= 11 is 0. The Kier molecular flexibility index (Phi) is 1.79. The summed E-state index contributed by atoms with van der Waals surface area (Å²) in [5.74, 6) is 0. The van der Waals surface area contributed by atoms with E-state index in [4.69, 9.17) is 4.74 Å². The summed E-state index contributed by atoms with van der Waals surface area (Å²) < 4.78 is 5.45. The van der Waals surface area contributed by atoms with Crippen LogP contribution in [0.2, 0.25) is 0 Å². The van der Waals surface area contributed by atoms with Crippen molar-refractivity contribution in [3.8, 4) is 0 Å². The van der Waals surface area contributed by atoms with Gasteiger partial charge in [0.15, 0.2) is 0 Å². The number of hydrogen-bond donors (Lipinski definition) is 0. The van der Waals surface area contributed by atoms with Crippen LogP contribution in [0.15, 0.2) is 54.6 Å². The van der Waals surface area contributed by atoms with Crippen LogP contribution in [0.5, 0.6) is 0 Å². The monoisotopic (exact) mass is 220 g/mol. The van der Waals surface area contributed by atoms with E-state index in [9.17, 15) is 0 Å². The Bertz CT molecular complexity index is 711. The molecular formula is C16H12O. The maximum atomic E-state index is 5.45. The molecule has 3 aromatic rings. The first-order chi connectivity index (χ1) is 8.43. The van der Waals surface area contributed by atoms with E-state index in [0.717, 1.165) is 6.61 Å². The lowest BCUT2D eigenvalue weighted by Crippen LogP contribution is -1.85. The van der Waals surface area contributed by atoms with Crippen LogP contribution in [0.25, 0.3) is 21.5 Å². The third-order valence-corrected chi connectivity index (χ3v) is 3.48. The fraction of sp³-hybridized carbons (Fsp3) is 0.125. The van der Waals surface area contributed by atoms with E-state index in [0.29, 0.717) is 6.10 Å². The minimum Gasteiger partial charge on any atom is -0.368 e. The highest BCUT2D eigenvalue weighted by atomic mass is 16.6. The Labute approximate surface area is 99.6 Å². The van der Waals surface area contributed by atoms with Crippen molar-refractivity contribution in [3.63, 3.8) is 0 Å². The zero-order valence-electron chi connectivity index (χ0n) is 9.39. The van der Waals surface area contributed by atoms with Crippen LogP contribution in [0.1, 0.15) is 11.7 Å². The first-order valence-electron chi connectivity index (χ1n) is 5.95. The highest BCUT2D eigenvalue weighted by Gasteiger charge is 2.26. The first-order valence-corrected chi connectivity index (χ1v) is 5.95. The van der Waals surface area contributed by atoms with Gasteiger partial charge in [-0.15, -0.1) is 0 Å². The third-order valence-electron chi connectivity index (χ3n) is 3.48. The summed E-state index contributed by atoms with van der Waals surface area (Å²) in [5, 5.41) is 5.29. The average molecular weight is 220 g/mol. The number of rotatable bonds is 1. The number of hydrogen-bond acceptors (Lipinski definition) is 1. The molecule has 0 aliphatic carbocycles. The largest absolute Gasteiger partial charge is 0.368 e. The van der Waals surface area contributed by atoms with E-state index < -0.39 is 0 Å².